The summed E-state index contributed by atoms with van der Waals surface area (Å²) in [6.45, 7) is 1.66. The number of cyclic esters (lactones) is 1. The highest BCUT2D eigenvalue weighted by Gasteiger charge is 2.28. The molecule has 4 heteroatoms. The van der Waals surface area contributed by atoms with E-state index in [2.05, 4.69) is 4.74 Å². The SMILES string of the molecule is CC1OC(=O)C(Cl)=C1Cl. The van der Waals surface area contributed by atoms with Crippen LogP contribution in [0.25, 0.3) is 0 Å². The summed E-state index contributed by atoms with van der Waals surface area (Å²) in [5.41, 5.74) is 0. The van der Waals surface area contributed by atoms with Crippen molar-refractivity contribution in [3.05, 3.63) is 10.1 Å². The molecule has 9 heavy (non-hydrogen) atoms. The second-order valence-corrected chi connectivity index (χ2v) is 2.49. The molecular weight excluding hydrogens is 163 g/mol. The molecule has 1 aliphatic rings. The molecule has 1 atom stereocenters. The van der Waals surface area contributed by atoms with Gasteiger partial charge in [-0.25, -0.2) is 4.79 Å². The number of halogens is 2. The number of hydrogen-bond acceptors (Lipinski definition) is 2. The largest absolute Gasteiger partial charge is 0.453 e. The Hall–Kier alpha value is -0.210. The first-order chi connectivity index (χ1) is 4.13. The van der Waals surface area contributed by atoms with Crippen LogP contribution in [0.1, 0.15) is 6.92 Å². The van der Waals surface area contributed by atoms with Crippen molar-refractivity contribution >= 4 is 29.2 Å². The number of esters is 1. The van der Waals surface area contributed by atoms with Crippen molar-refractivity contribution in [3.8, 4) is 0 Å². The van der Waals surface area contributed by atoms with Crippen LogP contribution in [0.4, 0.5) is 0 Å². The van der Waals surface area contributed by atoms with Gasteiger partial charge < -0.3 is 4.74 Å². The molecule has 0 saturated carbocycles. The zero-order valence-corrected chi connectivity index (χ0v) is 6.16. The highest BCUT2D eigenvalue weighted by atomic mass is 35.5. The van der Waals surface area contributed by atoms with Crippen LogP contribution in [0.15, 0.2) is 10.1 Å². The van der Waals surface area contributed by atoms with Crippen molar-refractivity contribution in [1.29, 1.82) is 0 Å². The van der Waals surface area contributed by atoms with E-state index in [1.807, 2.05) is 0 Å². The number of ether oxygens (including phenoxy) is 1. The van der Waals surface area contributed by atoms with Crippen LogP contribution < -0.4 is 0 Å². The first-order valence-electron chi connectivity index (χ1n) is 2.39. The molecule has 0 fully saturated rings. The van der Waals surface area contributed by atoms with Crippen molar-refractivity contribution in [3.63, 3.8) is 0 Å². The fourth-order valence-corrected chi connectivity index (χ4v) is 0.860. The molecule has 0 aromatic heterocycles. The number of carbonyl (C=O) groups excluding carboxylic acids is 1. The fourth-order valence-electron chi connectivity index (χ4n) is 0.540. The second-order valence-electron chi connectivity index (χ2n) is 1.71. The van der Waals surface area contributed by atoms with Gasteiger partial charge in [-0.2, -0.15) is 0 Å². The molecule has 0 N–H and O–H groups in total. The van der Waals surface area contributed by atoms with Crippen molar-refractivity contribution in [1.82, 2.24) is 0 Å². The smallest absolute Gasteiger partial charge is 0.351 e. The average molecular weight is 167 g/mol. The molecule has 0 aliphatic carbocycles. The van der Waals surface area contributed by atoms with E-state index in [9.17, 15) is 4.79 Å². The normalized spacial score (nSPS) is 27.0. The third-order valence-electron chi connectivity index (χ3n) is 1.03. The van der Waals surface area contributed by atoms with E-state index in [1.165, 1.54) is 0 Å². The van der Waals surface area contributed by atoms with Crippen molar-refractivity contribution < 1.29 is 9.53 Å². The molecule has 0 spiro atoms. The molecule has 1 heterocycles. The van der Waals surface area contributed by atoms with Crippen LogP contribution >= 0.6 is 23.2 Å². The summed E-state index contributed by atoms with van der Waals surface area (Å²) in [5.74, 6) is -0.533. The van der Waals surface area contributed by atoms with E-state index in [4.69, 9.17) is 23.2 Å². The minimum atomic E-state index is -0.533. The lowest BCUT2D eigenvalue weighted by atomic mass is 10.4. The van der Waals surface area contributed by atoms with Gasteiger partial charge in [0.1, 0.15) is 11.1 Å². The maximum atomic E-state index is 10.5. The standard InChI is InChI=1S/C5H4Cl2O2/c1-2-3(6)4(7)5(8)9-2/h2H,1H3. The summed E-state index contributed by atoms with van der Waals surface area (Å²) >= 11 is 10.9. The van der Waals surface area contributed by atoms with E-state index in [0.717, 1.165) is 0 Å². The van der Waals surface area contributed by atoms with E-state index >= 15 is 0 Å². The van der Waals surface area contributed by atoms with E-state index in [-0.39, 0.29) is 11.1 Å². The topological polar surface area (TPSA) is 26.3 Å². The van der Waals surface area contributed by atoms with Gasteiger partial charge in [0.25, 0.3) is 0 Å². The molecular formula is C5H4Cl2O2. The predicted molar refractivity (Wildman–Crippen MR) is 34.3 cm³/mol. The number of hydrogen-bond donors (Lipinski definition) is 0. The molecule has 1 rings (SSSR count). The van der Waals surface area contributed by atoms with Crippen LogP contribution in [0.2, 0.25) is 0 Å². The Morgan fingerprint density at radius 1 is 1.56 bits per heavy atom. The monoisotopic (exact) mass is 166 g/mol. The quantitative estimate of drug-likeness (QED) is 0.512. The lowest BCUT2D eigenvalue weighted by Gasteiger charge is -1.98. The van der Waals surface area contributed by atoms with Crippen LogP contribution in [-0.4, -0.2) is 12.1 Å². The zero-order chi connectivity index (χ0) is 7.02. The number of carbonyl (C=O) groups is 1. The Morgan fingerprint density at radius 2 is 2.11 bits per heavy atom. The molecule has 2 nitrogen and oxygen atoms in total. The third kappa shape index (κ3) is 1.05. The maximum Gasteiger partial charge on any atom is 0.351 e. The van der Waals surface area contributed by atoms with E-state index in [0.29, 0.717) is 5.03 Å². The van der Waals surface area contributed by atoms with Gasteiger partial charge in [0.15, 0.2) is 0 Å². The van der Waals surface area contributed by atoms with Crippen LogP contribution in [-0.2, 0) is 9.53 Å². The maximum absolute atomic E-state index is 10.5. The minimum Gasteiger partial charge on any atom is -0.453 e. The van der Waals surface area contributed by atoms with Gasteiger partial charge >= 0.3 is 5.97 Å². The third-order valence-corrected chi connectivity index (χ3v) is 1.98. The van der Waals surface area contributed by atoms with Crippen molar-refractivity contribution in [2.45, 2.75) is 13.0 Å². The lowest BCUT2D eigenvalue weighted by molar-refractivity contribution is -0.138. The molecule has 1 aliphatic heterocycles. The van der Waals surface area contributed by atoms with Gasteiger partial charge in [0, 0.05) is 0 Å². The highest BCUT2D eigenvalue weighted by molar-refractivity contribution is 6.48. The summed E-state index contributed by atoms with van der Waals surface area (Å²) in [7, 11) is 0. The molecule has 0 aromatic rings. The van der Waals surface area contributed by atoms with Gasteiger partial charge in [0.2, 0.25) is 0 Å². The minimum absolute atomic E-state index is 0.00386. The molecule has 0 amide bonds. The predicted octanol–water partition coefficient (Wildman–Crippen LogP) is 1.62. The molecule has 0 aromatic carbocycles. The van der Waals surface area contributed by atoms with Crippen molar-refractivity contribution in [2.75, 3.05) is 0 Å². The molecule has 0 saturated heterocycles. The van der Waals surface area contributed by atoms with Gasteiger partial charge in [-0.05, 0) is 6.92 Å². The lowest BCUT2D eigenvalue weighted by Crippen LogP contribution is -2.03. The summed E-state index contributed by atoms with van der Waals surface area (Å²) < 4.78 is 4.61. The first kappa shape index (κ1) is 6.90. The van der Waals surface area contributed by atoms with Gasteiger partial charge in [0.05, 0.1) is 5.03 Å². The molecule has 0 bridgehead atoms. The Labute approximate surface area is 62.4 Å². The Bertz CT molecular complexity index is 185. The van der Waals surface area contributed by atoms with Gasteiger partial charge in [-0.3, -0.25) is 0 Å². The highest BCUT2D eigenvalue weighted by Crippen LogP contribution is 2.27. The zero-order valence-electron chi connectivity index (χ0n) is 4.65. The van der Waals surface area contributed by atoms with Gasteiger partial charge in [-0.1, -0.05) is 23.2 Å². The fraction of sp³-hybridized carbons (Fsp3) is 0.400. The summed E-state index contributed by atoms with van der Waals surface area (Å²) in [5, 5.41) is 0.297. The van der Waals surface area contributed by atoms with Crippen LogP contribution in [0.5, 0.6) is 0 Å². The van der Waals surface area contributed by atoms with Crippen LogP contribution in [0.3, 0.4) is 0 Å². The molecule has 1 unspecified atom stereocenters. The van der Waals surface area contributed by atoms with E-state index < -0.39 is 5.97 Å². The average Bonchev–Trinajstić information content (AvgIpc) is 1.98. The molecule has 50 valence electrons. The van der Waals surface area contributed by atoms with Crippen LogP contribution in [0, 0.1) is 0 Å². The Morgan fingerprint density at radius 3 is 2.22 bits per heavy atom. The summed E-state index contributed by atoms with van der Waals surface area (Å²) in [4.78, 5) is 10.5. The second kappa shape index (κ2) is 2.20. The number of rotatable bonds is 0. The Balaban J connectivity index is 2.92. The van der Waals surface area contributed by atoms with Crippen molar-refractivity contribution in [2.24, 2.45) is 0 Å². The molecule has 0 radical (unpaired) electrons. The van der Waals surface area contributed by atoms with Gasteiger partial charge in [-0.15, -0.1) is 0 Å². The summed E-state index contributed by atoms with van der Waals surface area (Å²) in [6.07, 6.45) is -0.369. The first-order valence-corrected chi connectivity index (χ1v) is 3.14. The Kier molecular flexibility index (Phi) is 1.68. The summed E-state index contributed by atoms with van der Waals surface area (Å²) in [6, 6.07) is 0. The van der Waals surface area contributed by atoms with E-state index in [1.54, 1.807) is 6.92 Å².